The quantitative estimate of drug-likeness (QED) is 0.521. The zero-order chi connectivity index (χ0) is 6.20. The van der Waals surface area contributed by atoms with E-state index in [9.17, 15) is 13.2 Å². The molecule has 0 heterocycles. The van der Waals surface area contributed by atoms with Crippen molar-refractivity contribution in [3.63, 3.8) is 0 Å². The van der Waals surface area contributed by atoms with Gasteiger partial charge in [-0.05, 0) is 12.8 Å². The summed E-state index contributed by atoms with van der Waals surface area (Å²) in [5.41, 5.74) is 0. The normalized spacial score (nSPS) is 21.4. The lowest BCUT2D eigenvalue weighted by atomic mass is 10.7. The largest absolute Gasteiger partial charge is 0.457 e. The van der Waals surface area contributed by atoms with E-state index in [1.165, 1.54) is 5.32 Å². The van der Waals surface area contributed by atoms with Gasteiger partial charge in [0, 0.05) is 6.04 Å². The Morgan fingerprint density at radius 1 is 1.25 bits per heavy atom. The number of hydrogen-bond acceptors (Lipinski definition) is 1. The van der Waals surface area contributed by atoms with E-state index in [1.54, 1.807) is 0 Å². The average Bonchev–Trinajstić information content (AvgIpc) is 2.12. The summed E-state index contributed by atoms with van der Waals surface area (Å²) in [6.45, 7) is 0. The summed E-state index contributed by atoms with van der Waals surface area (Å²) in [7, 11) is 0. The van der Waals surface area contributed by atoms with Crippen LogP contribution < -0.4 is 5.32 Å². The second-order valence-electron chi connectivity index (χ2n) is 1.73. The van der Waals surface area contributed by atoms with Gasteiger partial charge in [0.15, 0.2) is 0 Å². The minimum Gasteiger partial charge on any atom is -0.220 e. The Kier molecular flexibility index (Phi) is 1.19. The number of nitrogens with one attached hydrogen (secondary N) is 1. The number of hydrogen-bond donors (Lipinski definition) is 1. The number of alkyl halides is 3. The van der Waals surface area contributed by atoms with Crippen molar-refractivity contribution in [3.8, 4) is 0 Å². The molecule has 0 bridgehead atoms. The molecule has 0 atom stereocenters. The maximum atomic E-state index is 11.2. The van der Waals surface area contributed by atoms with E-state index in [-0.39, 0.29) is 0 Å². The molecule has 0 aromatic carbocycles. The fourth-order valence-electron chi connectivity index (χ4n) is 0.388. The zero-order valence-corrected chi connectivity index (χ0v) is 4.05. The van der Waals surface area contributed by atoms with E-state index < -0.39 is 6.30 Å². The molecule has 1 aliphatic rings. The van der Waals surface area contributed by atoms with E-state index >= 15 is 0 Å². The topological polar surface area (TPSA) is 12.0 Å². The van der Waals surface area contributed by atoms with Crippen LogP contribution in [-0.4, -0.2) is 6.30 Å². The minimum absolute atomic E-state index is 0.400. The van der Waals surface area contributed by atoms with Crippen LogP contribution in [0.4, 0.5) is 13.2 Å². The Morgan fingerprint density at radius 3 is 1.88 bits per heavy atom. The standard InChI is InChI=1S/C4H5F3N/c5-4(6,7)8-3-1-2-3/h8H,1-2H2. The minimum atomic E-state index is -4.20. The summed E-state index contributed by atoms with van der Waals surface area (Å²) in [4.78, 5) is 0. The molecule has 0 unspecified atom stereocenters. The molecular formula is C4H5F3N. The van der Waals surface area contributed by atoms with Gasteiger partial charge in [-0.25, -0.2) is 5.32 Å². The molecule has 1 nitrogen and oxygen atoms in total. The molecule has 1 N–H and O–H groups in total. The molecule has 0 aromatic rings. The average molecular weight is 124 g/mol. The van der Waals surface area contributed by atoms with Gasteiger partial charge in [0.25, 0.3) is 0 Å². The molecule has 0 spiro atoms. The Labute approximate surface area is 44.9 Å². The van der Waals surface area contributed by atoms with Crippen molar-refractivity contribution < 1.29 is 13.2 Å². The molecule has 1 fully saturated rings. The Balaban J connectivity index is 2.16. The molecule has 1 rings (SSSR count). The number of rotatable bonds is 1. The lowest BCUT2D eigenvalue weighted by molar-refractivity contribution is -0.152. The molecule has 0 saturated heterocycles. The van der Waals surface area contributed by atoms with E-state index in [0.717, 1.165) is 0 Å². The van der Waals surface area contributed by atoms with Crippen LogP contribution in [-0.2, 0) is 0 Å². The number of halogens is 3. The van der Waals surface area contributed by atoms with Crippen LogP contribution in [0.15, 0.2) is 0 Å². The second kappa shape index (κ2) is 1.62. The van der Waals surface area contributed by atoms with E-state index in [4.69, 9.17) is 0 Å². The Hall–Kier alpha value is -0.250. The van der Waals surface area contributed by atoms with Crippen molar-refractivity contribution >= 4 is 0 Å². The lowest BCUT2D eigenvalue weighted by Gasteiger charge is -2.04. The monoisotopic (exact) mass is 124 g/mol. The fourth-order valence-corrected chi connectivity index (χ4v) is 0.388. The molecule has 0 amide bonds. The molecule has 0 aliphatic heterocycles. The summed E-state index contributed by atoms with van der Waals surface area (Å²) in [6, 6.07) is 0.400. The lowest BCUT2D eigenvalue weighted by Crippen LogP contribution is -2.29. The van der Waals surface area contributed by atoms with Gasteiger partial charge in [-0.3, -0.25) is 0 Å². The molecule has 0 aromatic heterocycles. The van der Waals surface area contributed by atoms with Gasteiger partial charge in [0.05, 0.1) is 0 Å². The Morgan fingerprint density at radius 2 is 1.75 bits per heavy atom. The van der Waals surface area contributed by atoms with Crippen LogP contribution in [0.25, 0.3) is 0 Å². The van der Waals surface area contributed by atoms with Gasteiger partial charge in [0.1, 0.15) is 0 Å². The zero-order valence-electron chi connectivity index (χ0n) is 4.05. The van der Waals surface area contributed by atoms with E-state index in [1.807, 2.05) is 0 Å². The van der Waals surface area contributed by atoms with Crippen molar-refractivity contribution in [1.29, 1.82) is 0 Å². The molecule has 47 valence electrons. The summed E-state index contributed by atoms with van der Waals surface area (Å²) >= 11 is 0. The van der Waals surface area contributed by atoms with Crippen molar-refractivity contribution in [1.82, 2.24) is 5.32 Å². The third-order valence-corrected chi connectivity index (χ3v) is 0.819. The summed E-state index contributed by atoms with van der Waals surface area (Å²) in [5, 5.41) is 1.41. The van der Waals surface area contributed by atoms with Crippen LogP contribution >= 0.6 is 0 Å². The first kappa shape index (κ1) is 5.88. The van der Waals surface area contributed by atoms with Gasteiger partial charge in [-0.15, -0.1) is 0 Å². The van der Waals surface area contributed by atoms with Crippen LogP contribution in [0.3, 0.4) is 0 Å². The van der Waals surface area contributed by atoms with Crippen LogP contribution in [0.5, 0.6) is 0 Å². The van der Waals surface area contributed by atoms with Gasteiger partial charge in [-0.1, -0.05) is 0 Å². The smallest absolute Gasteiger partial charge is 0.220 e. The first-order valence-electron chi connectivity index (χ1n) is 2.27. The molecule has 1 saturated carbocycles. The van der Waals surface area contributed by atoms with Crippen molar-refractivity contribution in [3.05, 3.63) is 6.04 Å². The molecule has 4 heteroatoms. The van der Waals surface area contributed by atoms with Crippen molar-refractivity contribution in [2.75, 3.05) is 0 Å². The third-order valence-electron chi connectivity index (χ3n) is 0.819. The highest BCUT2D eigenvalue weighted by Gasteiger charge is 2.36. The van der Waals surface area contributed by atoms with Gasteiger partial charge in [-0.2, -0.15) is 13.2 Å². The summed E-state index contributed by atoms with van der Waals surface area (Å²) in [6.07, 6.45) is -3.04. The van der Waals surface area contributed by atoms with Gasteiger partial charge < -0.3 is 0 Å². The van der Waals surface area contributed by atoms with Crippen LogP contribution in [0, 0.1) is 6.04 Å². The first-order valence-corrected chi connectivity index (χ1v) is 2.27. The first-order chi connectivity index (χ1) is 3.58. The van der Waals surface area contributed by atoms with Gasteiger partial charge >= 0.3 is 6.30 Å². The maximum absolute atomic E-state index is 11.2. The van der Waals surface area contributed by atoms with Crippen molar-refractivity contribution in [2.24, 2.45) is 0 Å². The highest BCUT2D eigenvalue weighted by atomic mass is 19.4. The summed E-state index contributed by atoms with van der Waals surface area (Å²) in [5.74, 6) is 0. The predicted molar refractivity (Wildman–Crippen MR) is 21.7 cm³/mol. The van der Waals surface area contributed by atoms with Crippen LogP contribution in [0.1, 0.15) is 12.8 Å². The summed E-state index contributed by atoms with van der Waals surface area (Å²) < 4.78 is 33.6. The van der Waals surface area contributed by atoms with E-state index in [0.29, 0.717) is 18.9 Å². The second-order valence-corrected chi connectivity index (χ2v) is 1.73. The SMILES string of the molecule is FC(F)(F)N[C]1CC1. The van der Waals surface area contributed by atoms with Gasteiger partial charge in [0.2, 0.25) is 0 Å². The Bertz CT molecular complexity index is 83.8. The third kappa shape index (κ3) is 2.16. The fraction of sp³-hybridized carbons (Fsp3) is 0.750. The predicted octanol–water partition coefficient (Wildman–Crippen LogP) is 1.42. The molecule has 8 heavy (non-hydrogen) atoms. The molecule has 1 aliphatic carbocycles. The maximum Gasteiger partial charge on any atom is 0.457 e. The highest BCUT2D eigenvalue weighted by molar-refractivity contribution is 5.02. The van der Waals surface area contributed by atoms with Crippen LogP contribution in [0.2, 0.25) is 0 Å². The highest BCUT2D eigenvalue weighted by Crippen LogP contribution is 2.31. The van der Waals surface area contributed by atoms with Crippen molar-refractivity contribution in [2.45, 2.75) is 19.1 Å². The van der Waals surface area contributed by atoms with E-state index in [2.05, 4.69) is 0 Å². The molecule has 1 radical (unpaired) electrons. The molecular weight excluding hydrogens is 119 g/mol.